The van der Waals surface area contributed by atoms with Gasteiger partial charge in [0.25, 0.3) is 0 Å². The van der Waals surface area contributed by atoms with Gasteiger partial charge in [-0.05, 0) is 36.6 Å². The minimum Gasteiger partial charge on any atom is -0.496 e. The van der Waals surface area contributed by atoms with E-state index in [1.165, 1.54) is 12.1 Å². The Morgan fingerprint density at radius 3 is 2.09 bits per heavy atom. The summed E-state index contributed by atoms with van der Waals surface area (Å²) in [6.07, 6.45) is 0. The summed E-state index contributed by atoms with van der Waals surface area (Å²) in [5.41, 5.74) is 1.57. The van der Waals surface area contributed by atoms with Crippen LogP contribution in [0.25, 0.3) is 10.8 Å². The molecule has 0 amide bonds. The molecule has 0 aliphatic rings. The highest BCUT2D eigenvalue weighted by Gasteiger charge is 2.23. The fourth-order valence-electron chi connectivity index (χ4n) is 3.43. The second-order valence-electron chi connectivity index (χ2n) is 7.34. The first-order chi connectivity index (χ1) is 15.9. The molecule has 0 N–H and O–H groups in total. The molecule has 4 aromatic carbocycles. The Hall–Kier alpha value is -3.97. The van der Waals surface area contributed by atoms with Crippen LogP contribution in [0.4, 0.5) is 0 Å². The summed E-state index contributed by atoms with van der Waals surface area (Å²) in [5.74, 6) is 0.151. The smallest absolute Gasteiger partial charge is 0.358 e. The van der Waals surface area contributed by atoms with Gasteiger partial charge in [-0.15, -0.1) is 0 Å². The van der Waals surface area contributed by atoms with Crippen LogP contribution < -0.4 is 4.74 Å². The van der Waals surface area contributed by atoms with Crippen molar-refractivity contribution in [3.8, 4) is 5.75 Å². The summed E-state index contributed by atoms with van der Waals surface area (Å²) in [6, 6.07) is 25.4. The van der Waals surface area contributed by atoms with E-state index in [4.69, 9.17) is 9.02 Å². The normalized spacial score (nSPS) is 11.9. The third-order valence-electron chi connectivity index (χ3n) is 5.15. The second kappa shape index (κ2) is 9.26. The quantitative estimate of drug-likeness (QED) is 0.217. The second-order valence-corrected chi connectivity index (χ2v) is 8.87. The number of ketones is 1. The topological polar surface area (TPSA) is 82.0 Å². The maximum Gasteiger partial charge on any atom is 0.358 e. The number of carbonyl (C=O) groups is 1. The van der Waals surface area contributed by atoms with E-state index >= 15 is 0 Å². The number of carbonyl (C=O) groups excluding carboxylic acids is 1. The van der Waals surface area contributed by atoms with E-state index in [1.54, 1.807) is 67.8 Å². The van der Waals surface area contributed by atoms with Gasteiger partial charge in [-0.25, -0.2) is 0 Å². The molecule has 4 rings (SSSR count). The predicted molar refractivity (Wildman–Crippen MR) is 127 cm³/mol. The maximum absolute atomic E-state index is 13.6. The molecule has 0 heterocycles. The van der Waals surface area contributed by atoms with Gasteiger partial charge in [0, 0.05) is 16.5 Å². The minimum atomic E-state index is -4.21. The molecular formula is C26H21NO5S. The Bertz CT molecular complexity index is 1440. The average molecular weight is 460 g/mol. The van der Waals surface area contributed by atoms with Gasteiger partial charge in [0.05, 0.1) is 7.11 Å². The Balaban J connectivity index is 1.80. The van der Waals surface area contributed by atoms with Crippen molar-refractivity contribution in [2.75, 3.05) is 7.11 Å². The molecule has 0 bridgehead atoms. The molecule has 6 nitrogen and oxygen atoms in total. The molecule has 0 aliphatic heterocycles. The van der Waals surface area contributed by atoms with Crippen LogP contribution in [0, 0.1) is 6.92 Å². The van der Waals surface area contributed by atoms with Crippen molar-refractivity contribution in [3.05, 3.63) is 108 Å². The first kappa shape index (κ1) is 22.2. The molecule has 166 valence electrons. The molecule has 0 saturated heterocycles. The van der Waals surface area contributed by atoms with Crippen LogP contribution in [-0.2, 0) is 14.4 Å². The van der Waals surface area contributed by atoms with Gasteiger partial charge < -0.3 is 4.74 Å². The number of hydrogen-bond acceptors (Lipinski definition) is 6. The highest BCUT2D eigenvalue weighted by atomic mass is 32.2. The van der Waals surface area contributed by atoms with Gasteiger partial charge in [-0.1, -0.05) is 77.4 Å². The van der Waals surface area contributed by atoms with Gasteiger partial charge in [-0.2, -0.15) is 8.42 Å². The van der Waals surface area contributed by atoms with Crippen LogP contribution in [0.2, 0.25) is 0 Å². The molecule has 0 radical (unpaired) electrons. The number of Topliss-reactive ketones (excluding diaryl/α,β-unsaturated/α-hetero) is 1. The largest absolute Gasteiger partial charge is 0.496 e. The number of rotatable bonds is 7. The van der Waals surface area contributed by atoms with Crippen LogP contribution in [0.1, 0.15) is 21.5 Å². The summed E-state index contributed by atoms with van der Waals surface area (Å²) in [4.78, 5) is 13.6. The fraction of sp³-hybridized carbons (Fsp3) is 0.0769. The van der Waals surface area contributed by atoms with Crippen molar-refractivity contribution in [1.82, 2.24) is 0 Å². The Kier molecular flexibility index (Phi) is 6.24. The summed E-state index contributed by atoms with van der Waals surface area (Å²) in [5, 5.41) is 5.25. The fourth-order valence-corrected chi connectivity index (χ4v) is 4.16. The minimum absolute atomic E-state index is 0.0494. The third kappa shape index (κ3) is 4.63. The maximum atomic E-state index is 13.6. The molecule has 7 heteroatoms. The third-order valence-corrected chi connectivity index (χ3v) is 6.27. The van der Waals surface area contributed by atoms with E-state index in [0.29, 0.717) is 22.3 Å². The summed E-state index contributed by atoms with van der Waals surface area (Å²) in [6.45, 7) is 1.85. The van der Waals surface area contributed by atoms with Crippen LogP contribution in [0.3, 0.4) is 0 Å². The van der Waals surface area contributed by atoms with E-state index < -0.39 is 15.9 Å². The van der Waals surface area contributed by atoms with E-state index in [2.05, 4.69) is 5.16 Å². The summed E-state index contributed by atoms with van der Waals surface area (Å²) < 4.78 is 35.8. The van der Waals surface area contributed by atoms with Crippen molar-refractivity contribution >= 4 is 32.4 Å². The molecule has 0 aliphatic carbocycles. The number of fused-ring (bicyclic) bond motifs is 1. The first-order valence-electron chi connectivity index (χ1n) is 10.1. The van der Waals surface area contributed by atoms with Crippen LogP contribution in [0.15, 0.2) is 101 Å². The van der Waals surface area contributed by atoms with E-state index in [1.807, 2.05) is 25.1 Å². The van der Waals surface area contributed by atoms with Crippen molar-refractivity contribution in [3.63, 3.8) is 0 Å². The molecule has 33 heavy (non-hydrogen) atoms. The number of benzene rings is 4. The van der Waals surface area contributed by atoms with Crippen LogP contribution in [-0.4, -0.2) is 27.0 Å². The molecule has 0 fully saturated rings. The zero-order chi connectivity index (χ0) is 23.4. The highest BCUT2D eigenvalue weighted by Crippen LogP contribution is 2.29. The lowest BCUT2D eigenvalue weighted by Crippen LogP contribution is -2.18. The zero-order valence-electron chi connectivity index (χ0n) is 18.1. The Morgan fingerprint density at radius 1 is 0.788 bits per heavy atom. The standard InChI is InChI=1S/C26H21NO5S/c1-18-12-14-20(15-13-18)33(29,30)32-27-25(19-8-4-3-5-9-19)26(28)23-16-17-24(31-2)22-11-7-6-10-21(22)23/h3-17H,1-2H3/b27-25+. The number of aryl methyl sites for hydroxylation is 1. The average Bonchev–Trinajstić information content (AvgIpc) is 2.84. The Labute approximate surface area is 192 Å². The molecular weight excluding hydrogens is 438 g/mol. The number of hydrogen-bond donors (Lipinski definition) is 0. The van der Waals surface area contributed by atoms with Gasteiger partial charge in [0.15, 0.2) is 5.71 Å². The van der Waals surface area contributed by atoms with Crippen molar-refractivity contribution in [2.45, 2.75) is 11.8 Å². The van der Waals surface area contributed by atoms with Crippen LogP contribution >= 0.6 is 0 Å². The van der Waals surface area contributed by atoms with Gasteiger partial charge in [0.1, 0.15) is 10.6 Å². The predicted octanol–water partition coefficient (Wildman–Crippen LogP) is 5.15. The first-order valence-corrected chi connectivity index (χ1v) is 11.6. The van der Waals surface area contributed by atoms with Crippen LogP contribution in [0.5, 0.6) is 5.75 Å². The lowest BCUT2D eigenvalue weighted by Gasteiger charge is -2.11. The zero-order valence-corrected chi connectivity index (χ0v) is 18.9. The number of ether oxygens (including phenoxy) is 1. The SMILES string of the molecule is COc1ccc(C(=O)/C(=N/OS(=O)(=O)c2ccc(C)cc2)c2ccccc2)c2ccccc12. The summed E-state index contributed by atoms with van der Waals surface area (Å²) >= 11 is 0. The van der Waals surface area contributed by atoms with Gasteiger partial charge in [0.2, 0.25) is 5.78 Å². The molecule has 0 atom stereocenters. The van der Waals surface area contributed by atoms with Crippen molar-refractivity contribution in [1.29, 1.82) is 0 Å². The van der Waals surface area contributed by atoms with E-state index in [-0.39, 0.29) is 10.6 Å². The molecule has 0 aromatic heterocycles. The summed E-state index contributed by atoms with van der Waals surface area (Å²) in [7, 11) is -2.65. The molecule has 0 saturated carbocycles. The lowest BCUT2D eigenvalue weighted by atomic mass is 9.95. The number of oxime groups is 1. The molecule has 0 unspecified atom stereocenters. The van der Waals surface area contributed by atoms with Gasteiger partial charge >= 0.3 is 10.1 Å². The Morgan fingerprint density at radius 2 is 1.42 bits per heavy atom. The molecule has 0 spiro atoms. The number of nitrogens with zero attached hydrogens (tertiary/aromatic N) is 1. The monoisotopic (exact) mass is 459 g/mol. The lowest BCUT2D eigenvalue weighted by molar-refractivity contribution is 0.106. The van der Waals surface area contributed by atoms with Gasteiger partial charge in [-0.3, -0.25) is 9.08 Å². The number of methoxy groups -OCH3 is 1. The van der Waals surface area contributed by atoms with E-state index in [9.17, 15) is 13.2 Å². The molecule has 4 aromatic rings. The van der Waals surface area contributed by atoms with E-state index in [0.717, 1.165) is 10.9 Å². The van der Waals surface area contributed by atoms with Crippen molar-refractivity contribution < 1.29 is 22.2 Å². The highest BCUT2D eigenvalue weighted by molar-refractivity contribution is 7.86. The van der Waals surface area contributed by atoms with Crippen molar-refractivity contribution in [2.24, 2.45) is 5.16 Å².